The number of nitrogens with zero attached hydrogens (tertiary/aromatic N) is 3. The number of para-hydroxylation sites is 1. The maximum absolute atomic E-state index is 13.0. The van der Waals surface area contributed by atoms with Gasteiger partial charge in [0.05, 0.1) is 24.4 Å². The molecule has 1 aromatic carbocycles. The van der Waals surface area contributed by atoms with Crippen LogP contribution in [0.2, 0.25) is 0 Å². The average molecular weight is 327 g/mol. The summed E-state index contributed by atoms with van der Waals surface area (Å²) in [6.07, 6.45) is 4.01. The number of benzene rings is 1. The predicted molar refractivity (Wildman–Crippen MR) is 89.7 cm³/mol. The summed E-state index contributed by atoms with van der Waals surface area (Å²) in [7, 11) is 0. The van der Waals surface area contributed by atoms with Crippen molar-refractivity contribution in [3.8, 4) is 0 Å². The van der Waals surface area contributed by atoms with Gasteiger partial charge in [-0.3, -0.25) is 9.59 Å². The van der Waals surface area contributed by atoms with Gasteiger partial charge in [0.15, 0.2) is 0 Å². The fourth-order valence-corrected chi connectivity index (χ4v) is 3.82. The minimum absolute atomic E-state index is 0.0383. The smallest absolute Gasteiger partial charge is 0.270 e. The molecule has 0 aromatic heterocycles. The van der Waals surface area contributed by atoms with Gasteiger partial charge in [0.2, 0.25) is 5.91 Å². The Labute approximate surface area is 141 Å². The Bertz CT molecular complexity index is 673. The Morgan fingerprint density at radius 1 is 1.17 bits per heavy atom. The highest BCUT2D eigenvalue weighted by atomic mass is 16.5. The number of fused-ring (bicyclic) bond motifs is 1. The van der Waals surface area contributed by atoms with E-state index in [2.05, 4.69) is 5.10 Å². The van der Waals surface area contributed by atoms with Gasteiger partial charge >= 0.3 is 0 Å². The van der Waals surface area contributed by atoms with Gasteiger partial charge in [-0.2, -0.15) is 5.10 Å². The summed E-state index contributed by atoms with van der Waals surface area (Å²) in [4.78, 5) is 27.1. The van der Waals surface area contributed by atoms with Crippen LogP contribution in [0.25, 0.3) is 0 Å². The second-order valence-corrected chi connectivity index (χ2v) is 6.49. The van der Waals surface area contributed by atoms with Crippen molar-refractivity contribution in [3.63, 3.8) is 0 Å². The van der Waals surface area contributed by atoms with Crippen LogP contribution in [0.4, 0.5) is 5.69 Å². The van der Waals surface area contributed by atoms with Crippen LogP contribution < -0.4 is 5.01 Å². The van der Waals surface area contributed by atoms with Crippen LogP contribution in [-0.4, -0.2) is 47.7 Å². The van der Waals surface area contributed by atoms with Crippen LogP contribution in [0, 0.1) is 0 Å². The van der Waals surface area contributed by atoms with Crippen molar-refractivity contribution in [2.75, 3.05) is 18.2 Å². The second kappa shape index (κ2) is 6.36. The quantitative estimate of drug-likeness (QED) is 0.834. The third-order valence-corrected chi connectivity index (χ3v) is 5.02. The standard InChI is InChI=1S/C18H21N3O3/c22-17-10-9-14(19-21(17)13-5-2-1-3-6-13)18(23)20-11-12-24-16-8-4-7-15(16)20/h1-3,5-6,15-16H,4,7-12H2/t15-,16-/m1/s1. The van der Waals surface area contributed by atoms with Crippen LogP contribution in [0.15, 0.2) is 35.4 Å². The summed E-state index contributed by atoms with van der Waals surface area (Å²) in [5.41, 5.74) is 1.18. The topological polar surface area (TPSA) is 62.2 Å². The van der Waals surface area contributed by atoms with Gasteiger partial charge in [-0.25, -0.2) is 5.01 Å². The van der Waals surface area contributed by atoms with E-state index in [1.165, 1.54) is 5.01 Å². The molecule has 0 N–H and O–H groups in total. The molecule has 6 nitrogen and oxygen atoms in total. The van der Waals surface area contributed by atoms with Crippen LogP contribution in [-0.2, 0) is 14.3 Å². The molecule has 0 radical (unpaired) electrons. The molecule has 126 valence electrons. The minimum atomic E-state index is -0.0709. The molecule has 4 rings (SSSR count). The zero-order valence-electron chi connectivity index (χ0n) is 13.6. The lowest BCUT2D eigenvalue weighted by Gasteiger charge is -2.38. The van der Waals surface area contributed by atoms with Gasteiger partial charge in [-0.15, -0.1) is 0 Å². The van der Waals surface area contributed by atoms with Crippen LogP contribution in [0.5, 0.6) is 0 Å². The van der Waals surface area contributed by atoms with E-state index in [0.29, 0.717) is 37.4 Å². The predicted octanol–water partition coefficient (Wildman–Crippen LogP) is 1.95. The third kappa shape index (κ3) is 2.71. The lowest BCUT2D eigenvalue weighted by atomic mass is 10.1. The van der Waals surface area contributed by atoms with Crippen molar-refractivity contribution in [1.82, 2.24) is 4.90 Å². The molecule has 1 saturated carbocycles. The van der Waals surface area contributed by atoms with Gasteiger partial charge < -0.3 is 9.64 Å². The third-order valence-electron chi connectivity index (χ3n) is 5.02. The molecule has 2 aliphatic heterocycles. The molecular formula is C18H21N3O3. The Morgan fingerprint density at radius 2 is 2.00 bits per heavy atom. The largest absolute Gasteiger partial charge is 0.374 e. The van der Waals surface area contributed by atoms with Crippen molar-refractivity contribution in [2.24, 2.45) is 5.10 Å². The first kappa shape index (κ1) is 15.3. The summed E-state index contributed by atoms with van der Waals surface area (Å²) in [6.45, 7) is 1.19. The summed E-state index contributed by atoms with van der Waals surface area (Å²) in [6, 6.07) is 9.43. The Hall–Kier alpha value is -2.21. The maximum atomic E-state index is 13.0. The molecule has 24 heavy (non-hydrogen) atoms. The van der Waals surface area contributed by atoms with Crippen molar-refractivity contribution >= 4 is 23.2 Å². The molecule has 0 spiro atoms. The average Bonchev–Trinajstić information content (AvgIpc) is 3.11. The number of carbonyl (C=O) groups excluding carboxylic acids is 2. The molecule has 2 heterocycles. The molecule has 1 aromatic rings. The lowest BCUT2D eigenvalue weighted by Crippen LogP contribution is -2.54. The normalized spacial score (nSPS) is 27.0. The number of hydrogen-bond acceptors (Lipinski definition) is 4. The number of morpholine rings is 1. The molecule has 0 bridgehead atoms. The van der Waals surface area contributed by atoms with Crippen LogP contribution in [0.3, 0.4) is 0 Å². The summed E-state index contributed by atoms with van der Waals surface area (Å²) >= 11 is 0. The first-order chi connectivity index (χ1) is 11.7. The number of anilines is 1. The molecule has 3 aliphatic rings. The van der Waals surface area contributed by atoms with Gasteiger partial charge in [-0.05, 0) is 31.4 Å². The summed E-state index contributed by atoms with van der Waals surface area (Å²) < 4.78 is 5.78. The fraction of sp³-hybridized carbons (Fsp3) is 0.500. The lowest BCUT2D eigenvalue weighted by molar-refractivity contribution is -0.136. The van der Waals surface area contributed by atoms with E-state index < -0.39 is 0 Å². The van der Waals surface area contributed by atoms with Crippen LogP contribution in [0.1, 0.15) is 32.1 Å². The van der Waals surface area contributed by atoms with Gasteiger partial charge in [-0.1, -0.05) is 18.2 Å². The zero-order chi connectivity index (χ0) is 16.5. The Balaban J connectivity index is 1.58. The van der Waals surface area contributed by atoms with E-state index in [-0.39, 0.29) is 24.0 Å². The van der Waals surface area contributed by atoms with Crippen molar-refractivity contribution in [1.29, 1.82) is 0 Å². The van der Waals surface area contributed by atoms with E-state index >= 15 is 0 Å². The zero-order valence-corrected chi connectivity index (χ0v) is 13.6. The summed E-state index contributed by atoms with van der Waals surface area (Å²) in [5.74, 6) is -0.109. The van der Waals surface area contributed by atoms with Crippen LogP contribution >= 0.6 is 0 Å². The molecule has 0 unspecified atom stereocenters. The molecule has 2 fully saturated rings. The highest BCUT2D eigenvalue weighted by Crippen LogP contribution is 2.30. The number of hydrogen-bond donors (Lipinski definition) is 0. The van der Waals surface area contributed by atoms with Gasteiger partial charge in [0.25, 0.3) is 5.91 Å². The highest BCUT2D eigenvalue weighted by Gasteiger charge is 2.40. The van der Waals surface area contributed by atoms with Crippen molar-refractivity contribution in [2.45, 2.75) is 44.2 Å². The molecule has 6 heteroatoms. The van der Waals surface area contributed by atoms with E-state index in [9.17, 15) is 9.59 Å². The first-order valence-corrected chi connectivity index (χ1v) is 8.62. The van der Waals surface area contributed by atoms with E-state index in [4.69, 9.17) is 4.74 Å². The number of ether oxygens (including phenoxy) is 1. The van der Waals surface area contributed by atoms with Crippen molar-refractivity contribution < 1.29 is 14.3 Å². The number of carbonyl (C=O) groups is 2. The number of amides is 2. The molecular weight excluding hydrogens is 306 g/mol. The number of rotatable bonds is 2. The highest BCUT2D eigenvalue weighted by molar-refractivity contribution is 6.40. The molecule has 2 amide bonds. The Morgan fingerprint density at radius 3 is 2.83 bits per heavy atom. The SMILES string of the molecule is O=C1CCC(C(=O)N2CCO[C@@H]3CCC[C@H]32)=NN1c1ccccc1. The monoisotopic (exact) mass is 327 g/mol. The van der Waals surface area contributed by atoms with E-state index in [1.54, 1.807) is 0 Å². The number of hydrazone groups is 1. The maximum Gasteiger partial charge on any atom is 0.270 e. The molecule has 1 aliphatic carbocycles. The second-order valence-electron chi connectivity index (χ2n) is 6.49. The van der Waals surface area contributed by atoms with E-state index in [0.717, 1.165) is 19.3 Å². The molecule has 1 saturated heterocycles. The first-order valence-electron chi connectivity index (χ1n) is 8.62. The van der Waals surface area contributed by atoms with Gasteiger partial charge in [0, 0.05) is 19.4 Å². The van der Waals surface area contributed by atoms with Gasteiger partial charge in [0.1, 0.15) is 5.71 Å². The molecule has 2 atom stereocenters. The Kier molecular flexibility index (Phi) is 4.06. The minimum Gasteiger partial charge on any atom is -0.374 e. The summed E-state index contributed by atoms with van der Waals surface area (Å²) in [5, 5.41) is 5.76. The fourth-order valence-electron chi connectivity index (χ4n) is 3.82. The van der Waals surface area contributed by atoms with E-state index in [1.807, 2.05) is 35.2 Å². The van der Waals surface area contributed by atoms with Crippen molar-refractivity contribution in [3.05, 3.63) is 30.3 Å².